The lowest BCUT2D eigenvalue weighted by atomic mass is 10.1. The van der Waals surface area contributed by atoms with Crippen molar-refractivity contribution in [2.24, 2.45) is 0 Å². The van der Waals surface area contributed by atoms with Gasteiger partial charge in [-0.3, -0.25) is 0 Å². The highest BCUT2D eigenvalue weighted by Crippen LogP contribution is 2.29. The van der Waals surface area contributed by atoms with Crippen molar-refractivity contribution in [3.05, 3.63) is 27.7 Å². The van der Waals surface area contributed by atoms with Crippen molar-refractivity contribution in [3.63, 3.8) is 0 Å². The predicted octanol–water partition coefficient (Wildman–Crippen LogP) is 2.42. The second-order valence-corrected chi connectivity index (χ2v) is 3.49. The number of halogens is 1. The number of rotatable bonds is 2. The maximum absolute atomic E-state index is 10.7. The molecule has 0 spiro atoms. The van der Waals surface area contributed by atoms with E-state index in [4.69, 9.17) is 5.11 Å². The predicted molar refractivity (Wildman–Crippen MR) is 52.1 cm³/mol. The molecule has 0 aromatic heterocycles. The van der Waals surface area contributed by atoms with Crippen molar-refractivity contribution in [3.8, 4) is 5.75 Å². The van der Waals surface area contributed by atoms with Gasteiger partial charge in [-0.25, -0.2) is 4.79 Å². The van der Waals surface area contributed by atoms with E-state index in [1.807, 2.05) is 6.92 Å². The lowest BCUT2D eigenvalue weighted by Gasteiger charge is -2.04. The van der Waals surface area contributed by atoms with E-state index in [1.165, 1.54) is 6.07 Å². The third-order valence-corrected chi connectivity index (χ3v) is 2.37. The average molecular weight is 245 g/mol. The maximum Gasteiger partial charge on any atom is 0.339 e. The van der Waals surface area contributed by atoms with Gasteiger partial charge in [0, 0.05) is 0 Å². The Bertz CT molecular complexity index is 347. The number of phenols is 1. The van der Waals surface area contributed by atoms with E-state index in [9.17, 15) is 9.90 Å². The van der Waals surface area contributed by atoms with Crippen LogP contribution in [0.1, 0.15) is 22.8 Å². The maximum atomic E-state index is 10.7. The first-order chi connectivity index (χ1) is 6.06. The van der Waals surface area contributed by atoms with Gasteiger partial charge in [0.2, 0.25) is 0 Å². The molecule has 0 bridgehead atoms. The van der Waals surface area contributed by atoms with E-state index >= 15 is 0 Å². The lowest BCUT2D eigenvalue weighted by Crippen LogP contribution is -1.98. The fourth-order valence-corrected chi connectivity index (χ4v) is 1.53. The van der Waals surface area contributed by atoms with Crippen molar-refractivity contribution in [2.75, 3.05) is 0 Å². The number of carboxylic acid groups (broad SMARTS) is 1. The van der Waals surface area contributed by atoms with Crippen molar-refractivity contribution in [1.29, 1.82) is 0 Å². The van der Waals surface area contributed by atoms with Crippen LogP contribution in [0.2, 0.25) is 0 Å². The van der Waals surface area contributed by atoms with E-state index in [2.05, 4.69) is 15.9 Å². The van der Waals surface area contributed by atoms with Gasteiger partial charge < -0.3 is 10.2 Å². The number of hydrogen-bond acceptors (Lipinski definition) is 2. The Balaban J connectivity index is 3.33. The summed E-state index contributed by atoms with van der Waals surface area (Å²) < 4.78 is 0.421. The number of aryl methyl sites for hydroxylation is 1. The van der Waals surface area contributed by atoms with Gasteiger partial charge in [-0.1, -0.05) is 6.92 Å². The summed E-state index contributed by atoms with van der Waals surface area (Å²) in [5.41, 5.74) is 0.813. The molecule has 0 unspecified atom stereocenters. The van der Waals surface area contributed by atoms with Gasteiger partial charge in [-0.2, -0.15) is 0 Å². The van der Waals surface area contributed by atoms with Gasteiger partial charge in [-0.05, 0) is 40.0 Å². The highest BCUT2D eigenvalue weighted by Gasteiger charge is 2.13. The van der Waals surface area contributed by atoms with Crippen molar-refractivity contribution in [2.45, 2.75) is 13.3 Å². The summed E-state index contributed by atoms with van der Waals surface area (Å²) in [5.74, 6) is -1.33. The summed E-state index contributed by atoms with van der Waals surface area (Å²) in [4.78, 5) is 10.7. The van der Waals surface area contributed by atoms with Crippen LogP contribution in [0.5, 0.6) is 5.75 Å². The molecule has 1 aromatic carbocycles. The summed E-state index contributed by atoms with van der Waals surface area (Å²) in [6.07, 6.45) is 0.735. The van der Waals surface area contributed by atoms with Gasteiger partial charge in [0.05, 0.1) is 4.47 Å². The van der Waals surface area contributed by atoms with Crippen LogP contribution in [0.25, 0.3) is 0 Å². The van der Waals surface area contributed by atoms with Crippen LogP contribution in [-0.4, -0.2) is 16.2 Å². The second-order valence-electron chi connectivity index (χ2n) is 2.63. The minimum atomic E-state index is -1.12. The minimum Gasteiger partial charge on any atom is -0.506 e. The van der Waals surface area contributed by atoms with Crippen LogP contribution in [0, 0.1) is 0 Å². The standard InChI is InChI=1S/C9H9BrO3/c1-2-5-3-6(9(12)13)8(11)7(10)4-5/h3-4,11H,2H2,1H3,(H,12,13). The molecule has 0 saturated heterocycles. The number of benzene rings is 1. The highest BCUT2D eigenvalue weighted by molar-refractivity contribution is 9.10. The number of carbonyl (C=O) groups is 1. The van der Waals surface area contributed by atoms with Crippen molar-refractivity contribution >= 4 is 21.9 Å². The molecule has 2 N–H and O–H groups in total. The molecule has 0 heterocycles. The smallest absolute Gasteiger partial charge is 0.339 e. The highest BCUT2D eigenvalue weighted by atomic mass is 79.9. The third-order valence-electron chi connectivity index (χ3n) is 1.76. The second kappa shape index (κ2) is 3.79. The Morgan fingerprint density at radius 3 is 2.62 bits per heavy atom. The Morgan fingerprint density at radius 1 is 1.54 bits per heavy atom. The number of carboxylic acids is 1. The number of aromatic carboxylic acids is 1. The molecule has 0 aliphatic rings. The van der Waals surface area contributed by atoms with Crippen LogP contribution in [0.4, 0.5) is 0 Å². The summed E-state index contributed by atoms with van der Waals surface area (Å²) in [6.45, 7) is 1.92. The first kappa shape index (κ1) is 10.1. The molecule has 4 heteroatoms. The molecule has 0 radical (unpaired) electrons. The molecule has 0 saturated carbocycles. The zero-order valence-corrected chi connectivity index (χ0v) is 8.63. The zero-order valence-electron chi connectivity index (χ0n) is 7.04. The number of hydrogen-bond donors (Lipinski definition) is 2. The lowest BCUT2D eigenvalue weighted by molar-refractivity contribution is 0.0693. The Labute approximate surface area is 84.1 Å². The first-order valence-electron chi connectivity index (χ1n) is 3.81. The largest absolute Gasteiger partial charge is 0.506 e. The molecule has 0 atom stereocenters. The molecule has 70 valence electrons. The van der Waals surface area contributed by atoms with Gasteiger partial charge in [0.25, 0.3) is 0 Å². The first-order valence-corrected chi connectivity index (χ1v) is 4.60. The summed E-state index contributed by atoms with van der Waals surface area (Å²) in [6, 6.07) is 3.18. The SMILES string of the molecule is CCc1cc(Br)c(O)c(C(=O)O)c1. The van der Waals surface area contributed by atoms with E-state index in [0.717, 1.165) is 12.0 Å². The third kappa shape index (κ3) is 2.01. The quantitative estimate of drug-likeness (QED) is 0.841. The normalized spacial score (nSPS) is 10.0. The monoisotopic (exact) mass is 244 g/mol. The van der Waals surface area contributed by atoms with Crippen molar-refractivity contribution < 1.29 is 15.0 Å². The summed E-state index contributed by atoms with van der Waals surface area (Å²) >= 11 is 3.09. The fourth-order valence-electron chi connectivity index (χ4n) is 1.02. The van der Waals surface area contributed by atoms with Crippen LogP contribution in [-0.2, 0) is 6.42 Å². The van der Waals surface area contributed by atoms with Crippen LogP contribution >= 0.6 is 15.9 Å². The molecule has 0 amide bonds. The van der Waals surface area contributed by atoms with Crippen LogP contribution in [0.3, 0.4) is 0 Å². The minimum absolute atomic E-state index is 0.0637. The van der Waals surface area contributed by atoms with Crippen LogP contribution < -0.4 is 0 Å². The molecule has 0 aliphatic carbocycles. The van der Waals surface area contributed by atoms with Gasteiger partial charge >= 0.3 is 5.97 Å². The van der Waals surface area contributed by atoms with E-state index in [-0.39, 0.29) is 11.3 Å². The molecule has 0 aliphatic heterocycles. The van der Waals surface area contributed by atoms with Crippen molar-refractivity contribution in [1.82, 2.24) is 0 Å². The topological polar surface area (TPSA) is 57.5 Å². The summed E-state index contributed by atoms with van der Waals surface area (Å²) in [5, 5.41) is 18.1. The molecular formula is C9H9BrO3. The summed E-state index contributed by atoms with van der Waals surface area (Å²) in [7, 11) is 0. The van der Waals surface area contributed by atoms with Gasteiger partial charge in [0.15, 0.2) is 0 Å². The van der Waals surface area contributed by atoms with E-state index < -0.39 is 5.97 Å². The van der Waals surface area contributed by atoms with E-state index in [0.29, 0.717) is 4.47 Å². The molecule has 0 fully saturated rings. The van der Waals surface area contributed by atoms with Gasteiger partial charge in [-0.15, -0.1) is 0 Å². The Kier molecular flexibility index (Phi) is 2.93. The fraction of sp³-hybridized carbons (Fsp3) is 0.222. The zero-order chi connectivity index (χ0) is 10.0. The Hall–Kier alpha value is -1.03. The molecule has 1 aromatic rings. The van der Waals surface area contributed by atoms with Crippen LogP contribution in [0.15, 0.2) is 16.6 Å². The molecule has 13 heavy (non-hydrogen) atoms. The Morgan fingerprint density at radius 2 is 2.15 bits per heavy atom. The molecular weight excluding hydrogens is 236 g/mol. The average Bonchev–Trinajstić information content (AvgIpc) is 2.09. The van der Waals surface area contributed by atoms with Gasteiger partial charge in [0.1, 0.15) is 11.3 Å². The molecule has 1 rings (SSSR count). The number of aromatic hydroxyl groups is 1. The van der Waals surface area contributed by atoms with E-state index in [1.54, 1.807) is 6.07 Å². The molecule has 3 nitrogen and oxygen atoms in total.